The summed E-state index contributed by atoms with van der Waals surface area (Å²) in [6, 6.07) is 12.2. The van der Waals surface area contributed by atoms with E-state index in [4.69, 9.17) is 0 Å². The fourth-order valence-corrected chi connectivity index (χ4v) is 4.37. The number of nitrogens with one attached hydrogen (secondary N) is 1. The van der Waals surface area contributed by atoms with Crippen LogP contribution in [0.4, 0.5) is 5.69 Å². The van der Waals surface area contributed by atoms with Gasteiger partial charge in [-0.3, -0.25) is 14.4 Å². The predicted molar refractivity (Wildman–Crippen MR) is 110 cm³/mol. The van der Waals surface area contributed by atoms with Gasteiger partial charge in [0.25, 0.3) is 0 Å². The molecular formula is C22H17N3O3S. The third kappa shape index (κ3) is 3.27. The number of thioether (sulfide) groups is 1. The number of imidazole rings is 1. The molecule has 1 heterocycles. The number of amides is 1. The van der Waals surface area contributed by atoms with Gasteiger partial charge in [-0.2, -0.15) is 0 Å². The van der Waals surface area contributed by atoms with Crippen molar-refractivity contribution in [1.82, 2.24) is 9.55 Å². The van der Waals surface area contributed by atoms with E-state index in [0.29, 0.717) is 34.0 Å². The van der Waals surface area contributed by atoms with Gasteiger partial charge in [0.1, 0.15) is 0 Å². The molecule has 3 aromatic rings. The van der Waals surface area contributed by atoms with Crippen LogP contribution in [0.1, 0.15) is 50.7 Å². The van der Waals surface area contributed by atoms with Crippen LogP contribution in [0, 0.1) is 0 Å². The van der Waals surface area contributed by atoms with Crippen LogP contribution in [0.2, 0.25) is 0 Å². The SMILES string of the molecule is O=C(CSc1nccn1C1CC1)Nc1ccc2c(c1)C(=O)c1ccccc1C2=O. The highest BCUT2D eigenvalue weighted by atomic mass is 32.2. The minimum Gasteiger partial charge on any atom is -0.325 e. The van der Waals surface area contributed by atoms with Crippen molar-refractivity contribution in [3.8, 4) is 0 Å². The molecule has 2 aromatic carbocycles. The van der Waals surface area contributed by atoms with Crippen LogP contribution < -0.4 is 5.32 Å². The molecule has 7 heteroatoms. The highest BCUT2D eigenvalue weighted by Gasteiger charge is 2.29. The van der Waals surface area contributed by atoms with E-state index in [1.807, 2.05) is 6.20 Å². The number of rotatable bonds is 5. The maximum absolute atomic E-state index is 12.8. The molecule has 6 nitrogen and oxygen atoms in total. The van der Waals surface area contributed by atoms with Crippen molar-refractivity contribution in [2.45, 2.75) is 24.0 Å². The summed E-state index contributed by atoms with van der Waals surface area (Å²) in [6.45, 7) is 0. The molecule has 5 rings (SSSR count). The van der Waals surface area contributed by atoms with Gasteiger partial charge in [-0.25, -0.2) is 4.98 Å². The van der Waals surface area contributed by atoms with Gasteiger partial charge in [-0.15, -0.1) is 0 Å². The number of aromatic nitrogens is 2. The Labute approximate surface area is 171 Å². The first-order chi connectivity index (χ1) is 14.1. The van der Waals surface area contributed by atoms with E-state index in [1.54, 1.807) is 48.7 Å². The summed E-state index contributed by atoms with van der Waals surface area (Å²) in [7, 11) is 0. The van der Waals surface area contributed by atoms with Gasteiger partial charge in [0, 0.05) is 46.4 Å². The lowest BCUT2D eigenvalue weighted by Gasteiger charge is -2.18. The summed E-state index contributed by atoms with van der Waals surface area (Å²) in [5.74, 6) is -0.339. The molecule has 0 atom stereocenters. The number of anilines is 1. The molecule has 0 bridgehead atoms. The summed E-state index contributed by atoms with van der Waals surface area (Å²) in [6.07, 6.45) is 6.01. The first-order valence-corrected chi connectivity index (χ1v) is 10.4. The van der Waals surface area contributed by atoms with Crippen molar-refractivity contribution < 1.29 is 14.4 Å². The molecule has 2 aliphatic carbocycles. The molecule has 1 amide bonds. The Hall–Kier alpha value is -3.19. The highest BCUT2D eigenvalue weighted by molar-refractivity contribution is 7.99. The minimum absolute atomic E-state index is 0.171. The number of hydrogen-bond acceptors (Lipinski definition) is 5. The van der Waals surface area contributed by atoms with E-state index in [1.165, 1.54) is 11.8 Å². The fourth-order valence-electron chi connectivity index (χ4n) is 3.55. The quantitative estimate of drug-likeness (QED) is 0.514. The molecule has 144 valence electrons. The number of carbonyl (C=O) groups excluding carboxylic acids is 3. The number of fused-ring (bicyclic) bond motifs is 2. The Morgan fingerprint density at radius 2 is 1.72 bits per heavy atom. The number of nitrogens with zero attached hydrogens (tertiary/aromatic N) is 2. The molecular weight excluding hydrogens is 386 g/mol. The second kappa shape index (κ2) is 7.00. The third-order valence-corrected chi connectivity index (χ3v) is 6.10. The number of carbonyl (C=O) groups is 3. The first-order valence-electron chi connectivity index (χ1n) is 9.40. The van der Waals surface area contributed by atoms with E-state index >= 15 is 0 Å². The Morgan fingerprint density at radius 3 is 2.45 bits per heavy atom. The van der Waals surface area contributed by atoms with E-state index in [9.17, 15) is 14.4 Å². The maximum atomic E-state index is 12.8. The molecule has 0 radical (unpaired) electrons. The Morgan fingerprint density at radius 1 is 1.03 bits per heavy atom. The van der Waals surface area contributed by atoms with Crippen LogP contribution in [-0.4, -0.2) is 32.8 Å². The topological polar surface area (TPSA) is 81.1 Å². The van der Waals surface area contributed by atoms with Crippen LogP contribution in [0.15, 0.2) is 60.0 Å². The van der Waals surface area contributed by atoms with Crippen LogP contribution in [0.3, 0.4) is 0 Å². The highest BCUT2D eigenvalue weighted by Crippen LogP contribution is 2.37. The molecule has 29 heavy (non-hydrogen) atoms. The second-order valence-corrected chi connectivity index (χ2v) is 8.09. The van der Waals surface area contributed by atoms with Crippen LogP contribution in [-0.2, 0) is 4.79 Å². The predicted octanol–water partition coefficient (Wildman–Crippen LogP) is 3.72. The summed E-state index contributed by atoms with van der Waals surface area (Å²) >= 11 is 1.39. The molecule has 0 saturated heterocycles. The fraction of sp³-hybridized carbons (Fsp3) is 0.182. The molecule has 1 fully saturated rings. The first kappa shape index (κ1) is 17.9. The summed E-state index contributed by atoms with van der Waals surface area (Å²) in [5.41, 5.74) is 2.01. The van der Waals surface area contributed by atoms with Crippen LogP contribution in [0.5, 0.6) is 0 Å². The normalized spacial score (nSPS) is 15.0. The molecule has 1 N–H and O–H groups in total. The van der Waals surface area contributed by atoms with Crippen molar-refractivity contribution in [2.24, 2.45) is 0 Å². The standard InChI is InChI=1S/C22H17N3O3S/c26-19(12-29-22-23-9-10-25(22)14-6-7-14)24-13-5-8-17-18(11-13)21(28)16-4-2-1-3-15(16)20(17)27/h1-5,8-11,14H,6-7,12H2,(H,24,26). The van der Waals surface area contributed by atoms with Crippen molar-refractivity contribution in [1.29, 1.82) is 0 Å². The van der Waals surface area contributed by atoms with Gasteiger partial charge in [0.05, 0.1) is 5.75 Å². The van der Waals surface area contributed by atoms with E-state index in [0.717, 1.165) is 18.0 Å². The maximum Gasteiger partial charge on any atom is 0.234 e. The lowest BCUT2D eigenvalue weighted by molar-refractivity contribution is -0.113. The van der Waals surface area contributed by atoms with Gasteiger partial charge >= 0.3 is 0 Å². The molecule has 1 aromatic heterocycles. The zero-order valence-electron chi connectivity index (χ0n) is 15.4. The van der Waals surface area contributed by atoms with Gasteiger partial charge in [0.15, 0.2) is 16.7 Å². The zero-order valence-corrected chi connectivity index (χ0v) is 16.2. The van der Waals surface area contributed by atoms with Crippen molar-refractivity contribution >= 4 is 34.9 Å². The van der Waals surface area contributed by atoms with Crippen LogP contribution in [0.25, 0.3) is 0 Å². The summed E-state index contributed by atoms with van der Waals surface area (Å²) in [5, 5.41) is 3.66. The average Bonchev–Trinajstić information content (AvgIpc) is 3.48. The zero-order chi connectivity index (χ0) is 20.0. The van der Waals surface area contributed by atoms with Gasteiger partial charge in [-0.05, 0) is 31.0 Å². The lowest BCUT2D eigenvalue weighted by atomic mass is 9.84. The number of hydrogen-bond donors (Lipinski definition) is 1. The molecule has 0 spiro atoms. The molecule has 1 saturated carbocycles. The third-order valence-electron chi connectivity index (χ3n) is 5.11. The van der Waals surface area contributed by atoms with E-state index in [-0.39, 0.29) is 23.2 Å². The van der Waals surface area contributed by atoms with Crippen LogP contribution >= 0.6 is 11.8 Å². The van der Waals surface area contributed by atoms with Gasteiger partial charge < -0.3 is 9.88 Å². The summed E-state index contributed by atoms with van der Waals surface area (Å²) < 4.78 is 2.11. The monoisotopic (exact) mass is 403 g/mol. The largest absolute Gasteiger partial charge is 0.325 e. The van der Waals surface area contributed by atoms with E-state index in [2.05, 4.69) is 14.9 Å². The molecule has 2 aliphatic rings. The number of ketones is 2. The smallest absolute Gasteiger partial charge is 0.234 e. The summed E-state index contributed by atoms with van der Waals surface area (Å²) in [4.78, 5) is 42.2. The Kier molecular flexibility index (Phi) is 4.32. The Bertz CT molecular complexity index is 1160. The van der Waals surface area contributed by atoms with Crippen molar-refractivity contribution in [3.63, 3.8) is 0 Å². The average molecular weight is 403 g/mol. The molecule has 0 unspecified atom stereocenters. The minimum atomic E-state index is -0.202. The van der Waals surface area contributed by atoms with Gasteiger partial charge in [0.2, 0.25) is 5.91 Å². The molecule has 0 aliphatic heterocycles. The lowest BCUT2D eigenvalue weighted by Crippen LogP contribution is -2.21. The van der Waals surface area contributed by atoms with Crippen molar-refractivity contribution in [2.75, 3.05) is 11.1 Å². The van der Waals surface area contributed by atoms with Gasteiger partial charge in [-0.1, -0.05) is 36.0 Å². The van der Waals surface area contributed by atoms with Crippen molar-refractivity contribution in [3.05, 3.63) is 77.1 Å². The Balaban J connectivity index is 1.31. The number of benzene rings is 2. The second-order valence-electron chi connectivity index (χ2n) is 7.15. The van der Waals surface area contributed by atoms with E-state index < -0.39 is 0 Å².